The molecule has 2 amide bonds. The van der Waals surface area contributed by atoms with Gasteiger partial charge in [-0.15, -0.1) is 0 Å². The summed E-state index contributed by atoms with van der Waals surface area (Å²) in [6, 6.07) is 22.0. The second kappa shape index (κ2) is 11.8. The van der Waals surface area contributed by atoms with Gasteiger partial charge < -0.3 is 15.4 Å². The molecule has 0 aliphatic carbocycles. The number of piperazine rings is 1. The number of amides is 2. The van der Waals surface area contributed by atoms with Crippen LogP contribution in [0, 0.1) is 0 Å². The van der Waals surface area contributed by atoms with E-state index in [1.165, 1.54) is 5.56 Å². The number of carbonyl (C=O) groups is 2. The Balaban J connectivity index is 1.22. The average molecular weight is 493 g/mol. The Labute approximate surface area is 210 Å². The Kier molecular flexibility index (Phi) is 8.36. The van der Waals surface area contributed by atoms with Gasteiger partial charge >= 0.3 is 0 Å². The number of nitrogens with one attached hydrogen (secondary N) is 2. The van der Waals surface area contributed by atoms with Gasteiger partial charge in [0.25, 0.3) is 5.91 Å². The molecular formula is C27H29ClN4O3. The topological polar surface area (TPSA) is 73.9 Å². The molecule has 3 aromatic rings. The van der Waals surface area contributed by atoms with Crippen molar-refractivity contribution < 1.29 is 14.3 Å². The summed E-state index contributed by atoms with van der Waals surface area (Å²) in [5, 5.41) is 6.52. The zero-order valence-corrected chi connectivity index (χ0v) is 20.4. The lowest BCUT2D eigenvalue weighted by Crippen LogP contribution is -2.48. The van der Waals surface area contributed by atoms with Gasteiger partial charge in [0.05, 0.1) is 19.3 Å². The molecule has 0 aromatic heterocycles. The highest BCUT2D eigenvalue weighted by Gasteiger charge is 2.19. The second-order valence-electron chi connectivity index (χ2n) is 8.46. The van der Waals surface area contributed by atoms with Gasteiger partial charge in [-0.3, -0.25) is 19.4 Å². The number of halogens is 1. The van der Waals surface area contributed by atoms with E-state index in [1.54, 1.807) is 43.5 Å². The number of hydrogen-bond donors (Lipinski definition) is 2. The molecular weight excluding hydrogens is 464 g/mol. The summed E-state index contributed by atoms with van der Waals surface area (Å²) in [5.74, 6) is 0.276. The normalized spacial score (nSPS) is 14.3. The molecule has 1 saturated heterocycles. The summed E-state index contributed by atoms with van der Waals surface area (Å²) in [7, 11) is 1.56. The predicted octanol–water partition coefficient (Wildman–Crippen LogP) is 4.36. The Morgan fingerprint density at radius 2 is 1.60 bits per heavy atom. The van der Waals surface area contributed by atoms with Crippen molar-refractivity contribution in [3.8, 4) is 5.75 Å². The quantitative estimate of drug-likeness (QED) is 0.489. The molecule has 0 radical (unpaired) electrons. The summed E-state index contributed by atoms with van der Waals surface area (Å²) in [6.07, 6.45) is 0. The van der Waals surface area contributed by atoms with E-state index in [0.29, 0.717) is 29.2 Å². The van der Waals surface area contributed by atoms with Gasteiger partial charge in [-0.05, 0) is 54.1 Å². The first kappa shape index (κ1) is 24.7. The molecule has 0 atom stereocenters. The number of hydrogen-bond acceptors (Lipinski definition) is 5. The first-order chi connectivity index (χ1) is 17.0. The summed E-state index contributed by atoms with van der Waals surface area (Å²) >= 11 is 6.08. The number of methoxy groups -OCH3 is 1. The summed E-state index contributed by atoms with van der Waals surface area (Å²) in [6.45, 7) is 4.65. The molecule has 1 aliphatic rings. The van der Waals surface area contributed by atoms with Crippen molar-refractivity contribution >= 4 is 34.8 Å². The molecule has 1 aliphatic heterocycles. The Bertz CT molecular complexity index is 1160. The highest BCUT2D eigenvalue weighted by atomic mass is 35.5. The van der Waals surface area contributed by atoms with Gasteiger partial charge in [-0.25, -0.2) is 0 Å². The van der Waals surface area contributed by atoms with Gasteiger partial charge in [-0.2, -0.15) is 0 Å². The van der Waals surface area contributed by atoms with Crippen LogP contribution < -0.4 is 15.4 Å². The molecule has 1 fully saturated rings. The maximum atomic E-state index is 12.6. The molecule has 1 heterocycles. The highest BCUT2D eigenvalue weighted by molar-refractivity contribution is 6.30. The zero-order chi connectivity index (χ0) is 24.6. The van der Waals surface area contributed by atoms with E-state index in [1.807, 2.05) is 30.3 Å². The summed E-state index contributed by atoms with van der Waals surface area (Å²) in [4.78, 5) is 29.6. The van der Waals surface area contributed by atoms with Crippen LogP contribution in [0.15, 0.2) is 72.8 Å². The van der Waals surface area contributed by atoms with Crippen molar-refractivity contribution in [2.75, 3.05) is 50.5 Å². The zero-order valence-electron chi connectivity index (χ0n) is 19.7. The van der Waals surface area contributed by atoms with E-state index >= 15 is 0 Å². The first-order valence-corrected chi connectivity index (χ1v) is 11.9. The number of carbonyl (C=O) groups excluding carboxylic acids is 2. The minimum atomic E-state index is -0.247. The summed E-state index contributed by atoms with van der Waals surface area (Å²) in [5.41, 5.74) is 2.95. The van der Waals surface area contributed by atoms with Crippen LogP contribution in [-0.4, -0.2) is 61.4 Å². The number of rotatable bonds is 8. The Hall–Kier alpha value is -3.39. The number of para-hydroxylation sites is 2. The van der Waals surface area contributed by atoms with Crippen LogP contribution in [0.5, 0.6) is 5.75 Å². The maximum absolute atomic E-state index is 12.6. The molecule has 2 N–H and O–H groups in total. The molecule has 0 spiro atoms. The van der Waals surface area contributed by atoms with Crippen LogP contribution in [0.3, 0.4) is 0 Å². The Morgan fingerprint density at radius 1 is 0.886 bits per heavy atom. The van der Waals surface area contributed by atoms with Crippen LogP contribution in [0.25, 0.3) is 0 Å². The number of anilines is 2. The largest absolute Gasteiger partial charge is 0.495 e. The number of benzene rings is 3. The molecule has 7 nitrogen and oxygen atoms in total. The van der Waals surface area contributed by atoms with Gasteiger partial charge in [-0.1, -0.05) is 35.9 Å². The monoisotopic (exact) mass is 492 g/mol. The standard InChI is InChI=1S/C27H29ClN4O3/c1-35-25-8-3-2-7-24(25)30-27(34)21-9-11-23(12-10-21)29-26(33)19-32-15-13-31(14-16-32)18-20-5-4-6-22(28)17-20/h2-12,17H,13-16,18-19H2,1H3,(H,29,33)(H,30,34). The van der Waals surface area contributed by atoms with E-state index in [0.717, 1.165) is 37.7 Å². The smallest absolute Gasteiger partial charge is 0.255 e. The summed E-state index contributed by atoms with van der Waals surface area (Å²) < 4.78 is 5.27. The SMILES string of the molecule is COc1ccccc1NC(=O)c1ccc(NC(=O)CN2CCN(Cc3cccc(Cl)c3)CC2)cc1. The van der Waals surface area contributed by atoms with Crippen molar-refractivity contribution in [2.45, 2.75) is 6.54 Å². The maximum Gasteiger partial charge on any atom is 0.255 e. The first-order valence-electron chi connectivity index (χ1n) is 11.5. The van der Waals surface area contributed by atoms with Gasteiger partial charge in [0, 0.05) is 49.0 Å². The molecule has 0 saturated carbocycles. The van der Waals surface area contributed by atoms with E-state index in [9.17, 15) is 9.59 Å². The lowest BCUT2D eigenvalue weighted by atomic mass is 10.2. The minimum Gasteiger partial charge on any atom is -0.495 e. The average Bonchev–Trinajstić information content (AvgIpc) is 2.86. The van der Waals surface area contributed by atoms with E-state index in [4.69, 9.17) is 16.3 Å². The molecule has 182 valence electrons. The van der Waals surface area contributed by atoms with E-state index < -0.39 is 0 Å². The van der Waals surface area contributed by atoms with Crippen LogP contribution in [0.4, 0.5) is 11.4 Å². The van der Waals surface area contributed by atoms with Gasteiger partial charge in [0.15, 0.2) is 0 Å². The van der Waals surface area contributed by atoms with Crippen LogP contribution >= 0.6 is 11.6 Å². The van der Waals surface area contributed by atoms with Crippen LogP contribution in [0.2, 0.25) is 5.02 Å². The van der Waals surface area contributed by atoms with Gasteiger partial charge in [0.1, 0.15) is 5.75 Å². The van der Waals surface area contributed by atoms with Crippen molar-refractivity contribution in [3.05, 3.63) is 88.9 Å². The Morgan fingerprint density at radius 3 is 2.31 bits per heavy atom. The fourth-order valence-electron chi connectivity index (χ4n) is 4.05. The fraction of sp³-hybridized carbons (Fsp3) is 0.259. The van der Waals surface area contributed by atoms with Crippen molar-refractivity contribution in [1.29, 1.82) is 0 Å². The van der Waals surface area contributed by atoms with Crippen molar-refractivity contribution in [1.82, 2.24) is 9.80 Å². The highest BCUT2D eigenvalue weighted by Crippen LogP contribution is 2.24. The molecule has 3 aromatic carbocycles. The van der Waals surface area contributed by atoms with Crippen molar-refractivity contribution in [3.63, 3.8) is 0 Å². The lowest BCUT2D eigenvalue weighted by Gasteiger charge is -2.34. The molecule has 4 rings (SSSR count). The number of nitrogens with zero attached hydrogens (tertiary/aromatic N) is 2. The third kappa shape index (κ3) is 7.05. The van der Waals surface area contributed by atoms with Crippen molar-refractivity contribution in [2.24, 2.45) is 0 Å². The minimum absolute atomic E-state index is 0.0699. The molecule has 0 unspecified atom stereocenters. The van der Waals surface area contributed by atoms with Gasteiger partial charge in [0.2, 0.25) is 5.91 Å². The molecule has 0 bridgehead atoms. The molecule has 8 heteroatoms. The fourth-order valence-corrected chi connectivity index (χ4v) is 4.26. The van der Waals surface area contributed by atoms with E-state index in [-0.39, 0.29) is 11.8 Å². The second-order valence-corrected chi connectivity index (χ2v) is 8.90. The number of ether oxygens (including phenoxy) is 1. The predicted molar refractivity (Wildman–Crippen MR) is 139 cm³/mol. The third-order valence-electron chi connectivity index (χ3n) is 5.91. The van der Waals surface area contributed by atoms with Crippen LogP contribution in [0.1, 0.15) is 15.9 Å². The molecule has 35 heavy (non-hydrogen) atoms. The van der Waals surface area contributed by atoms with E-state index in [2.05, 4.69) is 26.5 Å². The van der Waals surface area contributed by atoms with Crippen LogP contribution in [-0.2, 0) is 11.3 Å². The lowest BCUT2D eigenvalue weighted by molar-refractivity contribution is -0.117. The third-order valence-corrected chi connectivity index (χ3v) is 6.15.